The molecule has 0 spiro atoms. The van der Waals surface area contributed by atoms with E-state index in [1.807, 2.05) is 0 Å². The summed E-state index contributed by atoms with van der Waals surface area (Å²) in [6.07, 6.45) is 5.32. The van der Waals surface area contributed by atoms with Gasteiger partial charge >= 0.3 is 5.97 Å². The van der Waals surface area contributed by atoms with E-state index in [9.17, 15) is 14.7 Å². The molecule has 2 unspecified atom stereocenters. The van der Waals surface area contributed by atoms with Crippen LogP contribution in [0.4, 0.5) is 0 Å². The van der Waals surface area contributed by atoms with Crippen LogP contribution in [-0.2, 0) is 4.79 Å². The zero-order chi connectivity index (χ0) is 16.7. The molecule has 2 N–H and O–H groups in total. The molecule has 2 heterocycles. The number of nitrogens with one attached hydrogen (secondary N) is 1. The fraction of sp³-hybridized carbons (Fsp3) is 0.706. The first-order valence-electron chi connectivity index (χ1n) is 8.83. The molecule has 0 radical (unpaired) electrons. The molecule has 2 aliphatic carbocycles. The average molecular weight is 333 g/mol. The van der Waals surface area contributed by atoms with Gasteiger partial charge in [0.25, 0.3) is 5.91 Å². The van der Waals surface area contributed by atoms with Gasteiger partial charge in [0, 0.05) is 37.7 Å². The molecule has 1 saturated heterocycles. The van der Waals surface area contributed by atoms with Crippen LogP contribution in [-0.4, -0.2) is 52.7 Å². The maximum atomic E-state index is 12.4. The lowest BCUT2D eigenvalue weighted by Crippen LogP contribution is -2.53. The van der Waals surface area contributed by atoms with Crippen LogP contribution in [0.15, 0.2) is 10.6 Å². The lowest BCUT2D eigenvalue weighted by Gasteiger charge is -2.36. The second-order valence-corrected chi connectivity index (χ2v) is 7.41. The normalized spacial score (nSPS) is 27.8. The molecule has 4 rings (SSSR count). The molecular formula is C17H23N3O4. The number of piperidine rings is 1. The summed E-state index contributed by atoms with van der Waals surface area (Å²) in [7, 11) is 0. The highest BCUT2D eigenvalue weighted by molar-refractivity contribution is 5.92. The molecule has 3 fully saturated rings. The Morgan fingerprint density at radius 1 is 1.29 bits per heavy atom. The van der Waals surface area contributed by atoms with Crippen LogP contribution in [0.5, 0.6) is 0 Å². The third-order valence-corrected chi connectivity index (χ3v) is 5.28. The van der Waals surface area contributed by atoms with Crippen molar-refractivity contribution in [2.24, 2.45) is 11.8 Å². The third kappa shape index (κ3) is 3.45. The predicted molar refractivity (Wildman–Crippen MR) is 84.6 cm³/mol. The molecule has 130 valence electrons. The maximum Gasteiger partial charge on any atom is 0.309 e. The van der Waals surface area contributed by atoms with E-state index in [1.54, 1.807) is 6.07 Å². The largest absolute Gasteiger partial charge is 0.481 e. The molecule has 1 amide bonds. The second-order valence-electron chi connectivity index (χ2n) is 7.41. The summed E-state index contributed by atoms with van der Waals surface area (Å²) in [5.74, 6) is 0.139. The van der Waals surface area contributed by atoms with Crippen LogP contribution in [0, 0.1) is 11.8 Å². The minimum absolute atomic E-state index is 0.251. The topological polar surface area (TPSA) is 95.7 Å². The Hall–Kier alpha value is -1.89. The number of carbonyl (C=O) groups excluding carboxylic acids is 1. The Morgan fingerprint density at radius 2 is 2.08 bits per heavy atom. The number of hydrogen-bond acceptors (Lipinski definition) is 5. The zero-order valence-corrected chi connectivity index (χ0v) is 13.6. The fourth-order valence-corrected chi connectivity index (χ4v) is 3.47. The van der Waals surface area contributed by atoms with E-state index < -0.39 is 11.9 Å². The van der Waals surface area contributed by atoms with Gasteiger partial charge < -0.3 is 19.8 Å². The number of rotatable bonds is 6. The van der Waals surface area contributed by atoms with Crippen LogP contribution in [0.2, 0.25) is 0 Å². The highest BCUT2D eigenvalue weighted by atomic mass is 16.5. The van der Waals surface area contributed by atoms with Crippen LogP contribution < -0.4 is 5.32 Å². The number of nitrogens with zero attached hydrogens (tertiary/aromatic N) is 2. The van der Waals surface area contributed by atoms with Crippen molar-refractivity contribution in [1.82, 2.24) is 15.4 Å². The summed E-state index contributed by atoms with van der Waals surface area (Å²) in [4.78, 5) is 26.2. The van der Waals surface area contributed by atoms with Gasteiger partial charge in [0.1, 0.15) is 5.76 Å². The van der Waals surface area contributed by atoms with E-state index in [0.29, 0.717) is 18.9 Å². The standard InChI is InChI=1S/C17H23N3O4/c21-16(14-7-15(24-19-14)11-3-4-11)18-13-5-6-20(8-10-1-2-10)9-12(13)17(22)23/h7,10-13H,1-6,8-9H2,(H,18,21)(H,22,23). The number of likely N-dealkylation sites (tertiary alicyclic amines) is 1. The number of carbonyl (C=O) groups is 2. The number of aromatic nitrogens is 1. The highest BCUT2D eigenvalue weighted by Gasteiger charge is 2.37. The Bertz CT molecular complexity index is 636. The van der Waals surface area contributed by atoms with Gasteiger partial charge in [-0.05, 0) is 38.0 Å². The van der Waals surface area contributed by atoms with Gasteiger partial charge in [-0.3, -0.25) is 9.59 Å². The van der Waals surface area contributed by atoms with Crippen molar-refractivity contribution >= 4 is 11.9 Å². The molecule has 2 saturated carbocycles. The molecule has 1 aromatic rings. The van der Waals surface area contributed by atoms with Gasteiger partial charge in [0.05, 0.1) is 5.92 Å². The minimum Gasteiger partial charge on any atom is -0.481 e. The summed E-state index contributed by atoms with van der Waals surface area (Å²) in [6, 6.07) is 1.33. The van der Waals surface area contributed by atoms with E-state index >= 15 is 0 Å². The Balaban J connectivity index is 1.37. The summed E-state index contributed by atoms with van der Waals surface area (Å²) >= 11 is 0. The molecule has 1 aliphatic heterocycles. The van der Waals surface area contributed by atoms with Gasteiger partial charge in [-0.2, -0.15) is 0 Å². The summed E-state index contributed by atoms with van der Waals surface area (Å²) < 4.78 is 5.21. The summed E-state index contributed by atoms with van der Waals surface area (Å²) in [5.41, 5.74) is 0.251. The first kappa shape index (κ1) is 15.6. The van der Waals surface area contributed by atoms with E-state index in [-0.39, 0.29) is 17.6 Å². The van der Waals surface area contributed by atoms with Crippen LogP contribution in [0.25, 0.3) is 0 Å². The monoisotopic (exact) mass is 333 g/mol. The van der Waals surface area contributed by atoms with Crippen LogP contribution >= 0.6 is 0 Å². The zero-order valence-electron chi connectivity index (χ0n) is 13.6. The SMILES string of the molecule is O=C(NC1CCN(CC2CC2)CC1C(=O)O)c1cc(C2CC2)on1. The van der Waals surface area contributed by atoms with Gasteiger partial charge in [-0.25, -0.2) is 0 Å². The molecule has 7 nitrogen and oxygen atoms in total. The number of carboxylic acids is 1. The molecule has 0 aromatic carbocycles. The van der Waals surface area contributed by atoms with Crippen molar-refractivity contribution in [3.8, 4) is 0 Å². The maximum absolute atomic E-state index is 12.4. The predicted octanol–water partition coefficient (Wildman–Crippen LogP) is 1.47. The quantitative estimate of drug-likeness (QED) is 0.818. The molecule has 2 atom stereocenters. The van der Waals surface area contributed by atoms with Crippen LogP contribution in [0.1, 0.15) is 54.3 Å². The minimum atomic E-state index is -0.848. The Morgan fingerprint density at radius 3 is 2.75 bits per heavy atom. The van der Waals surface area contributed by atoms with Gasteiger partial charge in [0.2, 0.25) is 0 Å². The van der Waals surface area contributed by atoms with Crippen molar-refractivity contribution < 1.29 is 19.2 Å². The van der Waals surface area contributed by atoms with Crippen molar-refractivity contribution in [2.45, 2.75) is 44.1 Å². The fourth-order valence-electron chi connectivity index (χ4n) is 3.47. The second kappa shape index (κ2) is 6.20. The van der Waals surface area contributed by atoms with E-state index in [4.69, 9.17) is 4.52 Å². The van der Waals surface area contributed by atoms with Gasteiger partial charge in [-0.15, -0.1) is 0 Å². The van der Waals surface area contributed by atoms with E-state index in [2.05, 4.69) is 15.4 Å². The molecule has 1 aromatic heterocycles. The third-order valence-electron chi connectivity index (χ3n) is 5.28. The van der Waals surface area contributed by atoms with Gasteiger partial charge in [0.15, 0.2) is 5.69 Å². The van der Waals surface area contributed by atoms with Crippen molar-refractivity contribution in [3.05, 3.63) is 17.5 Å². The van der Waals surface area contributed by atoms with Crippen LogP contribution in [0.3, 0.4) is 0 Å². The molecule has 0 bridgehead atoms. The molecule has 3 aliphatic rings. The molecule has 24 heavy (non-hydrogen) atoms. The van der Waals surface area contributed by atoms with Crippen molar-refractivity contribution in [1.29, 1.82) is 0 Å². The highest BCUT2D eigenvalue weighted by Crippen LogP contribution is 2.40. The number of carboxylic acid groups (broad SMARTS) is 1. The first-order valence-corrected chi connectivity index (χ1v) is 8.83. The molecular weight excluding hydrogens is 310 g/mol. The van der Waals surface area contributed by atoms with Crippen molar-refractivity contribution in [3.63, 3.8) is 0 Å². The number of aliphatic carboxylic acids is 1. The molecule has 7 heteroatoms. The average Bonchev–Trinajstić information content (AvgIpc) is 3.49. The smallest absolute Gasteiger partial charge is 0.309 e. The Labute approximate surface area is 140 Å². The van der Waals surface area contributed by atoms with E-state index in [1.165, 1.54) is 12.8 Å². The lowest BCUT2D eigenvalue weighted by atomic mass is 9.91. The lowest BCUT2D eigenvalue weighted by molar-refractivity contribution is -0.144. The number of hydrogen-bond donors (Lipinski definition) is 2. The van der Waals surface area contributed by atoms with E-state index in [0.717, 1.165) is 37.6 Å². The summed E-state index contributed by atoms with van der Waals surface area (Å²) in [5, 5.41) is 16.2. The first-order chi connectivity index (χ1) is 11.6. The van der Waals surface area contributed by atoms with Crippen molar-refractivity contribution in [2.75, 3.05) is 19.6 Å². The summed E-state index contributed by atoms with van der Waals surface area (Å²) in [6.45, 7) is 2.32. The number of amides is 1. The van der Waals surface area contributed by atoms with Gasteiger partial charge in [-0.1, -0.05) is 5.16 Å². The Kier molecular flexibility index (Phi) is 4.04.